The molecule has 4 amide bonds. The van der Waals surface area contributed by atoms with Crippen molar-refractivity contribution >= 4 is 61.5 Å². The van der Waals surface area contributed by atoms with Gasteiger partial charge in [0.2, 0.25) is 0 Å². The number of hydrogen-bond donors (Lipinski definition) is 1. The van der Waals surface area contributed by atoms with E-state index in [0.29, 0.717) is 27.9 Å². The highest BCUT2D eigenvalue weighted by molar-refractivity contribution is 9.10. The van der Waals surface area contributed by atoms with Crippen molar-refractivity contribution in [3.63, 3.8) is 0 Å². The quantitative estimate of drug-likeness (QED) is 0.311. The molecule has 162 valence electrons. The van der Waals surface area contributed by atoms with E-state index in [0.717, 1.165) is 20.5 Å². The summed E-state index contributed by atoms with van der Waals surface area (Å²) < 4.78 is 6.87. The van der Waals surface area contributed by atoms with Gasteiger partial charge in [0.15, 0.2) is 6.61 Å². The summed E-state index contributed by atoms with van der Waals surface area (Å²) in [5.74, 6) is -1.03. The highest BCUT2D eigenvalue weighted by Gasteiger charge is 2.37. The predicted molar refractivity (Wildman–Crippen MR) is 127 cm³/mol. The Hall–Kier alpha value is -3.22. The second kappa shape index (κ2) is 9.94. The minimum absolute atomic E-state index is 0.131. The van der Waals surface area contributed by atoms with Crippen molar-refractivity contribution in [1.29, 1.82) is 5.26 Å². The molecule has 1 heterocycles. The fourth-order valence-corrected chi connectivity index (χ4v) is 4.04. The molecule has 32 heavy (non-hydrogen) atoms. The van der Waals surface area contributed by atoms with Gasteiger partial charge in [0, 0.05) is 4.47 Å². The van der Waals surface area contributed by atoms with Crippen molar-refractivity contribution < 1.29 is 19.1 Å². The zero-order valence-corrected chi connectivity index (χ0v) is 20.1. The van der Waals surface area contributed by atoms with Crippen LogP contribution in [0.3, 0.4) is 0 Å². The number of nitrogens with zero attached hydrogens (tertiary/aromatic N) is 2. The Morgan fingerprint density at radius 1 is 1.19 bits per heavy atom. The van der Waals surface area contributed by atoms with Crippen LogP contribution < -0.4 is 15.0 Å². The lowest BCUT2D eigenvalue weighted by Crippen LogP contribution is -2.54. The average Bonchev–Trinajstić information content (AvgIpc) is 2.73. The number of allylic oxidation sites excluding steroid dienone is 1. The van der Waals surface area contributed by atoms with Gasteiger partial charge in [-0.25, -0.2) is 9.69 Å². The van der Waals surface area contributed by atoms with Crippen LogP contribution in [0.5, 0.6) is 5.75 Å². The van der Waals surface area contributed by atoms with E-state index >= 15 is 0 Å². The van der Waals surface area contributed by atoms with Crippen LogP contribution in [0.2, 0.25) is 0 Å². The molecule has 0 aliphatic carbocycles. The predicted octanol–water partition coefficient (Wildman–Crippen LogP) is 4.82. The Morgan fingerprint density at radius 2 is 1.94 bits per heavy atom. The van der Waals surface area contributed by atoms with Crippen molar-refractivity contribution in [2.75, 3.05) is 11.5 Å². The number of nitriles is 1. The van der Waals surface area contributed by atoms with E-state index in [2.05, 4.69) is 43.8 Å². The van der Waals surface area contributed by atoms with E-state index in [9.17, 15) is 14.4 Å². The molecule has 1 saturated heterocycles. The zero-order valence-electron chi connectivity index (χ0n) is 16.9. The first-order valence-electron chi connectivity index (χ1n) is 9.37. The highest BCUT2D eigenvalue weighted by Crippen LogP contribution is 2.33. The summed E-state index contributed by atoms with van der Waals surface area (Å²) in [7, 11) is 0. The topological polar surface area (TPSA) is 99.5 Å². The number of halogens is 2. The number of ether oxygens (including phenoxy) is 1. The molecule has 7 nitrogen and oxygen atoms in total. The van der Waals surface area contributed by atoms with Crippen LogP contribution in [-0.2, 0) is 16.0 Å². The molecular weight excluding hydrogens is 542 g/mol. The van der Waals surface area contributed by atoms with E-state index < -0.39 is 17.8 Å². The second-order valence-corrected chi connectivity index (χ2v) is 8.53. The van der Waals surface area contributed by atoms with Gasteiger partial charge in [-0.3, -0.25) is 14.9 Å². The Morgan fingerprint density at radius 3 is 2.59 bits per heavy atom. The van der Waals surface area contributed by atoms with Gasteiger partial charge < -0.3 is 4.74 Å². The number of hydrogen-bond acceptors (Lipinski definition) is 5. The van der Waals surface area contributed by atoms with Crippen molar-refractivity contribution in [3.8, 4) is 11.8 Å². The molecule has 2 aromatic carbocycles. The molecule has 1 aliphatic heterocycles. The van der Waals surface area contributed by atoms with Crippen molar-refractivity contribution in [1.82, 2.24) is 5.32 Å². The molecule has 0 spiro atoms. The van der Waals surface area contributed by atoms with Crippen LogP contribution >= 0.6 is 31.9 Å². The number of benzene rings is 2. The van der Waals surface area contributed by atoms with E-state index in [1.54, 1.807) is 36.4 Å². The molecule has 0 aromatic heterocycles. The Kier molecular flexibility index (Phi) is 7.28. The maximum absolute atomic E-state index is 13.1. The molecule has 1 aliphatic rings. The van der Waals surface area contributed by atoms with Crippen molar-refractivity contribution in [3.05, 3.63) is 74.2 Å². The molecule has 2 aromatic rings. The molecule has 0 radical (unpaired) electrons. The maximum Gasteiger partial charge on any atom is 0.335 e. The molecule has 0 bridgehead atoms. The summed E-state index contributed by atoms with van der Waals surface area (Å²) in [5.41, 5.74) is 2.25. The molecule has 0 unspecified atom stereocenters. The highest BCUT2D eigenvalue weighted by atomic mass is 79.9. The lowest BCUT2D eigenvalue weighted by Gasteiger charge is -2.26. The van der Waals surface area contributed by atoms with Crippen LogP contribution in [0, 0.1) is 18.3 Å². The van der Waals surface area contributed by atoms with E-state index in [1.165, 1.54) is 6.08 Å². The van der Waals surface area contributed by atoms with Crippen LogP contribution in [0.4, 0.5) is 10.5 Å². The Balaban J connectivity index is 2.04. The maximum atomic E-state index is 13.1. The summed E-state index contributed by atoms with van der Waals surface area (Å²) in [6.45, 7) is 5.42. The van der Waals surface area contributed by atoms with Gasteiger partial charge in [-0.15, -0.1) is 6.58 Å². The number of urea groups is 1. The van der Waals surface area contributed by atoms with Crippen LogP contribution in [-0.4, -0.2) is 24.5 Å². The van der Waals surface area contributed by atoms with Crippen molar-refractivity contribution in [2.24, 2.45) is 0 Å². The number of amides is 4. The number of carbonyl (C=O) groups excluding carboxylic acids is 3. The fourth-order valence-electron chi connectivity index (χ4n) is 3.16. The van der Waals surface area contributed by atoms with E-state index in [-0.39, 0.29) is 12.2 Å². The summed E-state index contributed by atoms with van der Waals surface area (Å²) >= 11 is 6.80. The van der Waals surface area contributed by atoms with Gasteiger partial charge in [0.05, 0.1) is 10.2 Å². The first kappa shape index (κ1) is 23.4. The van der Waals surface area contributed by atoms with Gasteiger partial charge in [-0.1, -0.05) is 22.0 Å². The van der Waals surface area contributed by atoms with E-state index in [4.69, 9.17) is 10.00 Å². The minimum Gasteiger partial charge on any atom is -0.477 e. The third-order valence-corrected chi connectivity index (χ3v) is 6.08. The molecular formula is C23H17Br2N3O4. The van der Waals surface area contributed by atoms with Crippen molar-refractivity contribution in [2.45, 2.75) is 13.3 Å². The largest absolute Gasteiger partial charge is 0.477 e. The SMILES string of the molecule is C=CCc1cc(/C=C2\C(=O)NC(=O)N(c3ccc(Br)c(C)c3)C2=O)cc(Br)c1OCC#N. The minimum atomic E-state index is -0.812. The number of rotatable bonds is 6. The Labute approximate surface area is 201 Å². The number of carbonyl (C=O) groups is 3. The molecule has 1 fully saturated rings. The van der Waals surface area contributed by atoms with Gasteiger partial charge >= 0.3 is 6.03 Å². The van der Waals surface area contributed by atoms with Gasteiger partial charge in [-0.2, -0.15) is 5.26 Å². The first-order chi connectivity index (χ1) is 15.3. The van der Waals surface area contributed by atoms with Crippen LogP contribution in [0.1, 0.15) is 16.7 Å². The zero-order chi connectivity index (χ0) is 23.4. The molecule has 1 N–H and O–H groups in total. The number of anilines is 1. The standard InChI is InChI=1S/C23H17Br2N3O4/c1-3-4-15-10-14(12-19(25)20(15)32-8-7-26)11-17-21(29)27-23(31)28(22(17)30)16-5-6-18(24)13(2)9-16/h3,5-6,9-12H,1,4,8H2,2H3,(H,27,29,31)/b17-11+. The van der Waals surface area contributed by atoms with Crippen LogP contribution in [0.15, 0.2) is 57.5 Å². The first-order valence-corrected chi connectivity index (χ1v) is 11.0. The third-order valence-electron chi connectivity index (χ3n) is 4.60. The normalized spacial score (nSPS) is 14.9. The smallest absolute Gasteiger partial charge is 0.335 e. The summed E-state index contributed by atoms with van der Waals surface area (Å²) in [5, 5.41) is 11.0. The van der Waals surface area contributed by atoms with E-state index in [1.807, 2.05) is 13.0 Å². The number of aryl methyl sites for hydroxylation is 1. The number of nitrogens with one attached hydrogen (secondary N) is 1. The number of imide groups is 2. The molecule has 0 atom stereocenters. The molecule has 0 saturated carbocycles. The third kappa shape index (κ3) is 4.82. The Bertz CT molecular complexity index is 1210. The summed E-state index contributed by atoms with van der Waals surface area (Å²) in [6, 6.07) is 9.52. The van der Waals surface area contributed by atoms with Gasteiger partial charge in [0.25, 0.3) is 11.8 Å². The molecule has 9 heteroatoms. The van der Waals surface area contributed by atoms with Gasteiger partial charge in [0.1, 0.15) is 17.4 Å². The second-order valence-electron chi connectivity index (χ2n) is 6.82. The monoisotopic (exact) mass is 557 g/mol. The van der Waals surface area contributed by atoms with Gasteiger partial charge in [-0.05, 0) is 82.4 Å². The summed E-state index contributed by atoms with van der Waals surface area (Å²) in [6.07, 6.45) is 3.53. The average molecular weight is 559 g/mol. The lowest BCUT2D eigenvalue weighted by molar-refractivity contribution is -0.122. The lowest BCUT2D eigenvalue weighted by atomic mass is 10.0. The molecule has 3 rings (SSSR count). The fraction of sp³-hybridized carbons (Fsp3) is 0.130. The number of barbiturate groups is 1. The summed E-state index contributed by atoms with van der Waals surface area (Å²) in [4.78, 5) is 39.0. The van der Waals surface area contributed by atoms with Crippen LogP contribution in [0.25, 0.3) is 6.08 Å².